The number of Topliss-reactive ketones (excluding diaryl/α,β-unsaturated/α-hetero) is 1. The highest BCUT2D eigenvalue weighted by Gasteiger charge is 2.50. The summed E-state index contributed by atoms with van der Waals surface area (Å²) in [6, 6.07) is 3.97. The van der Waals surface area contributed by atoms with Crippen molar-refractivity contribution < 1.29 is 27.4 Å². The van der Waals surface area contributed by atoms with Gasteiger partial charge in [0, 0.05) is 5.56 Å². The molecule has 2 rings (SSSR count). The minimum absolute atomic E-state index is 0.206. The van der Waals surface area contributed by atoms with E-state index < -0.39 is 38.9 Å². The summed E-state index contributed by atoms with van der Waals surface area (Å²) >= 11 is 5.67. The van der Waals surface area contributed by atoms with Crippen molar-refractivity contribution in [1.29, 1.82) is 0 Å². The fourth-order valence-electron chi connectivity index (χ4n) is 1.96. The average Bonchev–Trinajstić information content (AvgIpc) is 2.66. The summed E-state index contributed by atoms with van der Waals surface area (Å²) in [5.74, 6) is -3.69. The van der Waals surface area contributed by atoms with E-state index in [2.05, 4.69) is 0 Å². The summed E-state index contributed by atoms with van der Waals surface area (Å²) < 4.78 is 44.4. The van der Waals surface area contributed by atoms with Gasteiger partial charge in [0.05, 0.1) is 10.8 Å². The molecule has 1 aromatic rings. The van der Waals surface area contributed by atoms with Crippen LogP contribution in [0, 0.1) is 5.82 Å². The Morgan fingerprint density at radius 2 is 2.09 bits per heavy atom. The van der Waals surface area contributed by atoms with Crippen molar-refractivity contribution >= 4 is 27.4 Å². The third-order valence-corrected chi connectivity index (χ3v) is 4.81. The van der Waals surface area contributed by atoms with Crippen molar-refractivity contribution in [2.45, 2.75) is 19.4 Å². The second-order valence-corrected chi connectivity index (χ2v) is 7.17. The van der Waals surface area contributed by atoms with E-state index in [-0.39, 0.29) is 16.3 Å². The first-order valence-corrected chi connectivity index (χ1v) is 8.27. The number of carbonyl (C=O) groups is 1. The maximum atomic E-state index is 14.1. The molecular formula is C13H13ClFNO5S. The quantitative estimate of drug-likeness (QED) is 0.866. The normalized spacial score (nSPS) is 21.9. The topological polar surface area (TPSA) is 92.7 Å². The van der Waals surface area contributed by atoms with E-state index in [1.54, 1.807) is 0 Å². The van der Waals surface area contributed by atoms with E-state index in [1.165, 1.54) is 32.0 Å². The summed E-state index contributed by atoms with van der Waals surface area (Å²) in [6.45, 7) is 2.58. The molecule has 1 heterocycles. The first-order valence-electron chi connectivity index (χ1n) is 6.24. The number of carbonyl (C=O) groups excluding carboxylic acids is 1. The third kappa shape index (κ3) is 2.64. The fourth-order valence-corrected chi connectivity index (χ4v) is 2.70. The average molecular weight is 350 g/mol. The van der Waals surface area contributed by atoms with Crippen LogP contribution >= 0.6 is 11.6 Å². The zero-order valence-corrected chi connectivity index (χ0v) is 13.3. The molecule has 22 heavy (non-hydrogen) atoms. The van der Waals surface area contributed by atoms with E-state index in [0.717, 1.165) is 0 Å². The first kappa shape index (κ1) is 16.6. The fraction of sp³-hybridized carbons (Fsp3) is 0.308. The number of ketones is 1. The Labute approximate surface area is 131 Å². The highest BCUT2D eigenvalue weighted by molar-refractivity contribution is 7.89. The molecule has 0 aliphatic carbocycles. The van der Waals surface area contributed by atoms with Crippen LogP contribution < -0.4 is 4.72 Å². The zero-order valence-electron chi connectivity index (χ0n) is 11.7. The van der Waals surface area contributed by atoms with Gasteiger partial charge in [-0.3, -0.25) is 9.52 Å². The van der Waals surface area contributed by atoms with E-state index in [1.807, 2.05) is 4.72 Å². The van der Waals surface area contributed by atoms with Gasteiger partial charge in [-0.25, -0.2) is 12.8 Å². The van der Waals surface area contributed by atoms with Gasteiger partial charge in [0.2, 0.25) is 27.3 Å². The molecule has 0 saturated heterocycles. The number of benzene rings is 1. The smallest absolute Gasteiger partial charge is 0.250 e. The van der Waals surface area contributed by atoms with Crippen LogP contribution in [0.5, 0.6) is 0 Å². The second-order valence-electron chi connectivity index (χ2n) is 4.75. The van der Waals surface area contributed by atoms with Crippen LogP contribution in [0.3, 0.4) is 0 Å². The lowest BCUT2D eigenvalue weighted by molar-refractivity contribution is -0.132. The molecule has 0 fully saturated rings. The molecule has 1 unspecified atom stereocenters. The Morgan fingerprint density at radius 3 is 2.68 bits per heavy atom. The number of aliphatic hydroxyl groups excluding tert-OH is 1. The number of ether oxygens (including phenoxy) is 1. The Morgan fingerprint density at radius 1 is 1.45 bits per heavy atom. The van der Waals surface area contributed by atoms with Gasteiger partial charge in [-0.15, -0.1) is 0 Å². The van der Waals surface area contributed by atoms with E-state index >= 15 is 0 Å². The SMILES string of the molecule is CCS(=O)(=O)NC1=C(O)C(=O)C(C)(c2cccc(Cl)c2F)O1. The maximum Gasteiger partial charge on any atom is 0.250 e. The molecule has 0 aromatic heterocycles. The molecule has 0 bridgehead atoms. The number of rotatable bonds is 4. The van der Waals surface area contributed by atoms with Gasteiger partial charge in [0.15, 0.2) is 0 Å². The summed E-state index contributed by atoms with van der Waals surface area (Å²) in [5.41, 5.74) is -2.12. The summed E-state index contributed by atoms with van der Waals surface area (Å²) in [4.78, 5) is 12.2. The maximum absolute atomic E-state index is 14.1. The van der Waals surface area contributed by atoms with E-state index in [9.17, 15) is 22.7 Å². The van der Waals surface area contributed by atoms with Crippen LogP contribution in [0.15, 0.2) is 29.8 Å². The summed E-state index contributed by atoms with van der Waals surface area (Å²) in [7, 11) is -3.77. The largest absolute Gasteiger partial charge is 0.501 e. The molecule has 0 spiro atoms. The second kappa shape index (κ2) is 5.44. The van der Waals surface area contributed by atoms with Crippen molar-refractivity contribution in [2.75, 3.05) is 5.75 Å². The van der Waals surface area contributed by atoms with Crippen LogP contribution in [-0.2, 0) is 25.2 Å². The Bertz CT molecular complexity index is 777. The van der Waals surface area contributed by atoms with E-state index in [0.29, 0.717) is 0 Å². The van der Waals surface area contributed by atoms with Crippen molar-refractivity contribution in [2.24, 2.45) is 0 Å². The molecule has 120 valence electrons. The molecule has 1 aromatic carbocycles. The van der Waals surface area contributed by atoms with Crippen LogP contribution in [0.25, 0.3) is 0 Å². The van der Waals surface area contributed by atoms with Crippen LogP contribution in [0.4, 0.5) is 4.39 Å². The lowest BCUT2D eigenvalue weighted by Crippen LogP contribution is -2.33. The van der Waals surface area contributed by atoms with Crippen molar-refractivity contribution in [3.05, 3.63) is 46.2 Å². The monoisotopic (exact) mass is 349 g/mol. The van der Waals surface area contributed by atoms with Gasteiger partial charge >= 0.3 is 0 Å². The minimum atomic E-state index is -3.77. The van der Waals surface area contributed by atoms with Crippen molar-refractivity contribution in [3.63, 3.8) is 0 Å². The van der Waals surface area contributed by atoms with Crippen LogP contribution in [0.2, 0.25) is 5.02 Å². The zero-order chi connectivity index (χ0) is 16.7. The Balaban J connectivity index is 2.45. The van der Waals surface area contributed by atoms with Gasteiger partial charge in [0.1, 0.15) is 5.82 Å². The molecular weight excluding hydrogens is 337 g/mol. The minimum Gasteiger partial charge on any atom is -0.501 e. The first-order chi connectivity index (χ1) is 10.1. The Kier molecular flexibility index (Phi) is 4.09. The summed E-state index contributed by atoms with van der Waals surface area (Å²) in [5, 5.41) is 9.57. The molecule has 1 aliphatic heterocycles. The number of hydrogen-bond acceptors (Lipinski definition) is 5. The lowest BCUT2D eigenvalue weighted by Gasteiger charge is -2.24. The molecule has 6 nitrogen and oxygen atoms in total. The van der Waals surface area contributed by atoms with Gasteiger partial charge < -0.3 is 9.84 Å². The van der Waals surface area contributed by atoms with Gasteiger partial charge in [-0.05, 0) is 19.9 Å². The molecule has 0 saturated carbocycles. The number of hydrogen-bond donors (Lipinski definition) is 2. The summed E-state index contributed by atoms with van der Waals surface area (Å²) in [6.07, 6.45) is 0. The molecule has 9 heteroatoms. The number of aliphatic hydroxyl groups is 1. The van der Waals surface area contributed by atoms with Crippen molar-refractivity contribution in [3.8, 4) is 0 Å². The van der Waals surface area contributed by atoms with E-state index in [4.69, 9.17) is 16.3 Å². The number of sulfonamides is 1. The lowest BCUT2D eigenvalue weighted by atomic mass is 9.91. The van der Waals surface area contributed by atoms with Crippen LogP contribution in [-0.4, -0.2) is 25.1 Å². The Hall–Kier alpha value is -1.80. The predicted molar refractivity (Wildman–Crippen MR) is 77.1 cm³/mol. The van der Waals surface area contributed by atoms with Gasteiger partial charge in [-0.1, -0.05) is 23.7 Å². The standard InChI is InChI=1S/C13H13ClFNO5S/c1-3-22(19,20)16-12-10(17)11(18)13(2,21-12)7-5-4-6-8(14)9(7)15/h4-6,16-17H,3H2,1-2H3. The number of nitrogens with one attached hydrogen (secondary N) is 1. The molecule has 1 aliphatic rings. The van der Waals surface area contributed by atoms with Gasteiger partial charge in [0.25, 0.3) is 5.78 Å². The van der Waals surface area contributed by atoms with Crippen LogP contribution in [0.1, 0.15) is 19.4 Å². The highest BCUT2D eigenvalue weighted by atomic mass is 35.5. The highest BCUT2D eigenvalue weighted by Crippen LogP contribution is 2.39. The third-order valence-electron chi connectivity index (χ3n) is 3.26. The molecule has 1 atom stereocenters. The van der Waals surface area contributed by atoms with Crippen molar-refractivity contribution in [1.82, 2.24) is 4.72 Å². The molecule has 0 radical (unpaired) electrons. The molecule has 0 amide bonds. The predicted octanol–water partition coefficient (Wildman–Crippen LogP) is 1.96. The van der Waals surface area contributed by atoms with Gasteiger partial charge in [-0.2, -0.15) is 0 Å². The molecule has 2 N–H and O–H groups in total. The number of halogens is 2.